The molecule has 0 aromatic heterocycles. The molecule has 1 unspecified atom stereocenters. The second-order valence-corrected chi connectivity index (χ2v) is 6.90. The minimum Gasteiger partial charge on any atom is -0.444 e. The van der Waals surface area contributed by atoms with Crippen molar-refractivity contribution in [2.75, 3.05) is 45.9 Å². The van der Waals surface area contributed by atoms with Gasteiger partial charge in [0, 0.05) is 32.7 Å². The smallest absolute Gasteiger partial charge is 0.410 e. The van der Waals surface area contributed by atoms with E-state index in [1.807, 2.05) is 25.7 Å². The van der Waals surface area contributed by atoms with Crippen LogP contribution in [0.25, 0.3) is 0 Å². The summed E-state index contributed by atoms with van der Waals surface area (Å²) < 4.78 is 10.8. The van der Waals surface area contributed by atoms with Crippen LogP contribution in [0, 0.1) is 5.92 Å². The zero-order chi connectivity index (χ0) is 15.3. The summed E-state index contributed by atoms with van der Waals surface area (Å²) in [7, 11) is 0. The Morgan fingerprint density at radius 2 is 2.00 bits per heavy atom. The lowest BCUT2D eigenvalue weighted by molar-refractivity contribution is 0.00163. The van der Waals surface area contributed by atoms with Crippen molar-refractivity contribution < 1.29 is 14.3 Å². The molecule has 2 heterocycles. The van der Waals surface area contributed by atoms with E-state index in [-0.39, 0.29) is 6.09 Å². The highest BCUT2D eigenvalue weighted by Gasteiger charge is 2.27. The van der Waals surface area contributed by atoms with Gasteiger partial charge in [-0.2, -0.15) is 0 Å². The number of nitrogens with zero attached hydrogens (tertiary/aromatic N) is 2. The summed E-state index contributed by atoms with van der Waals surface area (Å²) in [6.07, 6.45) is 2.03. The monoisotopic (exact) mass is 299 g/mol. The van der Waals surface area contributed by atoms with Crippen molar-refractivity contribution in [3.05, 3.63) is 0 Å². The maximum Gasteiger partial charge on any atom is 0.410 e. The van der Waals surface area contributed by atoms with Crippen LogP contribution in [0.4, 0.5) is 4.79 Å². The fraction of sp³-hybridized carbons (Fsp3) is 0.933. The predicted octanol–water partition coefficient (Wildman–Crippen LogP) is 1.47. The van der Waals surface area contributed by atoms with E-state index < -0.39 is 5.60 Å². The van der Waals surface area contributed by atoms with Crippen LogP contribution in [-0.2, 0) is 9.47 Å². The summed E-state index contributed by atoms with van der Waals surface area (Å²) >= 11 is 0. The van der Waals surface area contributed by atoms with Crippen molar-refractivity contribution in [2.45, 2.75) is 39.2 Å². The van der Waals surface area contributed by atoms with Crippen LogP contribution in [0.2, 0.25) is 0 Å². The summed E-state index contributed by atoms with van der Waals surface area (Å²) in [5.41, 5.74) is 3.05. The van der Waals surface area contributed by atoms with Crippen molar-refractivity contribution >= 4 is 6.09 Å². The van der Waals surface area contributed by atoms with E-state index in [0.717, 1.165) is 58.8 Å². The fourth-order valence-corrected chi connectivity index (χ4v) is 2.70. The lowest BCUT2D eigenvalue weighted by atomic mass is 9.98. The number of hydrazine groups is 1. The third-order valence-electron chi connectivity index (χ3n) is 3.79. The molecule has 2 rings (SSSR count). The minimum absolute atomic E-state index is 0.182. The van der Waals surface area contributed by atoms with Gasteiger partial charge in [0.2, 0.25) is 0 Å². The van der Waals surface area contributed by atoms with E-state index in [4.69, 9.17) is 9.47 Å². The minimum atomic E-state index is -0.421. The highest BCUT2D eigenvalue weighted by Crippen LogP contribution is 2.19. The van der Waals surface area contributed by atoms with Gasteiger partial charge in [-0.05, 0) is 39.5 Å². The van der Waals surface area contributed by atoms with Gasteiger partial charge in [-0.15, -0.1) is 0 Å². The van der Waals surface area contributed by atoms with Crippen LogP contribution in [0.15, 0.2) is 0 Å². The van der Waals surface area contributed by atoms with Crippen LogP contribution in [0.1, 0.15) is 33.6 Å². The zero-order valence-corrected chi connectivity index (χ0v) is 13.6. The van der Waals surface area contributed by atoms with Crippen LogP contribution in [-0.4, -0.2) is 67.5 Å². The number of nitrogens with one attached hydrogen (secondary N) is 1. The van der Waals surface area contributed by atoms with E-state index in [2.05, 4.69) is 10.4 Å². The van der Waals surface area contributed by atoms with Crippen molar-refractivity contribution in [2.24, 2.45) is 5.92 Å². The number of rotatable bonds is 3. The molecule has 1 N–H and O–H groups in total. The molecule has 6 nitrogen and oxygen atoms in total. The second kappa shape index (κ2) is 7.42. The fourth-order valence-electron chi connectivity index (χ4n) is 2.70. The Labute approximate surface area is 127 Å². The van der Waals surface area contributed by atoms with Crippen LogP contribution < -0.4 is 5.43 Å². The third kappa shape index (κ3) is 5.80. The highest BCUT2D eigenvalue weighted by atomic mass is 16.6. The summed E-state index contributed by atoms with van der Waals surface area (Å²) in [6, 6.07) is 0. The number of amides is 1. The zero-order valence-electron chi connectivity index (χ0n) is 13.6. The molecular formula is C15H29N3O3. The standard InChI is InChI=1S/C15H29N3O3/c1-15(2,3)21-14(19)17-6-4-5-13(12-17)11-16-18-7-9-20-10-8-18/h13,16H,4-12H2,1-3H3. The van der Waals surface area contributed by atoms with Gasteiger partial charge in [-0.25, -0.2) is 9.80 Å². The van der Waals surface area contributed by atoms with Gasteiger partial charge in [0.25, 0.3) is 0 Å². The van der Waals surface area contributed by atoms with Gasteiger partial charge in [-0.1, -0.05) is 0 Å². The number of hydrogen-bond donors (Lipinski definition) is 1. The number of hydrogen-bond acceptors (Lipinski definition) is 5. The SMILES string of the molecule is CC(C)(C)OC(=O)N1CCCC(CNN2CCOCC2)C1. The Kier molecular flexibility index (Phi) is 5.84. The largest absolute Gasteiger partial charge is 0.444 e. The molecule has 2 saturated heterocycles. The van der Waals surface area contributed by atoms with E-state index >= 15 is 0 Å². The Balaban J connectivity index is 1.73. The first-order valence-electron chi connectivity index (χ1n) is 7.98. The molecule has 2 aliphatic rings. The molecular weight excluding hydrogens is 270 g/mol. The summed E-state index contributed by atoms with van der Waals surface area (Å²) in [6.45, 7) is 11.7. The Morgan fingerprint density at radius 3 is 2.67 bits per heavy atom. The Morgan fingerprint density at radius 1 is 1.29 bits per heavy atom. The second-order valence-electron chi connectivity index (χ2n) is 6.90. The van der Waals surface area contributed by atoms with Crippen molar-refractivity contribution in [3.8, 4) is 0 Å². The average molecular weight is 299 g/mol. The Bertz CT molecular complexity index is 338. The van der Waals surface area contributed by atoms with Crippen LogP contribution in [0.3, 0.4) is 0 Å². The first-order chi connectivity index (χ1) is 9.94. The number of carbonyl (C=O) groups is 1. The van der Waals surface area contributed by atoms with Gasteiger partial charge in [0.1, 0.15) is 5.60 Å². The topological polar surface area (TPSA) is 54.0 Å². The maximum atomic E-state index is 12.1. The lowest BCUT2D eigenvalue weighted by Gasteiger charge is -2.35. The molecule has 1 amide bonds. The number of likely N-dealkylation sites (tertiary alicyclic amines) is 1. The van der Waals surface area contributed by atoms with Gasteiger partial charge in [0.15, 0.2) is 0 Å². The molecule has 2 fully saturated rings. The molecule has 0 spiro atoms. The molecule has 122 valence electrons. The number of morpholine rings is 1. The van der Waals surface area contributed by atoms with Gasteiger partial charge >= 0.3 is 6.09 Å². The van der Waals surface area contributed by atoms with E-state index in [9.17, 15) is 4.79 Å². The third-order valence-corrected chi connectivity index (χ3v) is 3.79. The van der Waals surface area contributed by atoms with Gasteiger partial charge < -0.3 is 14.4 Å². The summed E-state index contributed by atoms with van der Waals surface area (Å²) in [4.78, 5) is 14.0. The molecule has 0 saturated carbocycles. The number of piperidine rings is 1. The molecule has 1 atom stereocenters. The molecule has 0 aliphatic carbocycles. The number of carbonyl (C=O) groups excluding carboxylic acids is 1. The lowest BCUT2D eigenvalue weighted by Crippen LogP contribution is -2.50. The molecule has 6 heteroatoms. The first kappa shape index (κ1) is 16.5. The molecule has 0 aromatic rings. The van der Waals surface area contributed by atoms with Crippen LogP contribution >= 0.6 is 0 Å². The summed E-state index contributed by atoms with van der Waals surface area (Å²) in [5.74, 6) is 0.495. The van der Waals surface area contributed by atoms with E-state index in [1.54, 1.807) is 0 Å². The van der Waals surface area contributed by atoms with Gasteiger partial charge in [0.05, 0.1) is 13.2 Å². The first-order valence-corrected chi connectivity index (χ1v) is 7.98. The van der Waals surface area contributed by atoms with E-state index in [1.165, 1.54) is 0 Å². The molecule has 0 bridgehead atoms. The molecule has 21 heavy (non-hydrogen) atoms. The van der Waals surface area contributed by atoms with Gasteiger partial charge in [-0.3, -0.25) is 5.43 Å². The van der Waals surface area contributed by atoms with Crippen LogP contribution in [0.5, 0.6) is 0 Å². The number of ether oxygens (including phenoxy) is 2. The normalized spacial score (nSPS) is 24.9. The van der Waals surface area contributed by atoms with Crippen molar-refractivity contribution in [3.63, 3.8) is 0 Å². The average Bonchev–Trinajstić information content (AvgIpc) is 2.45. The highest BCUT2D eigenvalue weighted by molar-refractivity contribution is 5.68. The molecule has 2 aliphatic heterocycles. The Hall–Kier alpha value is -0.850. The maximum absolute atomic E-state index is 12.1. The van der Waals surface area contributed by atoms with E-state index in [0.29, 0.717) is 5.92 Å². The molecule has 0 aromatic carbocycles. The van der Waals surface area contributed by atoms with Crippen molar-refractivity contribution in [1.82, 2.24) is 15.3 Å². The van der Waals surface area contributed by atoms with Crippen molar-refractivity contribution in [1.29, 1.82) is 0 Å². The summed E-state index contributed by atoms with van der Waals surface area (Å²) in [5, 5.41) is 2.22. The quantitative estimate of drug-likeness (QED) is 0.855. The predicted molar refractivity (Wildman–Crippen MR) is 80.9 cm³/mol. The molecule has 0 radical (unpaired) electrons.